The van der Waals surface area contributed by atoms with Crippen molar-refractivity contribution in [1.82, 2.24) is 9.97 Å². The first-order chi connectivity index (χ1) is 10.9. The third-order valence-electron chi connectivity index (χ3n) is 2.90. The van der Waals surface area contributed by atoms with Crippen molar-refractivity contribution < 1.29 is 26.7 Å². The van der Waals surface area contributed by atoms with Crippen molar-refractivity contribution in [1.29, 1.82) is 0 Å². The number of alkyl halides is 2. The van der Waals surface area contributed by atoms with Gasteiger partial charge in [0.25, 0.3) is 0 Å². The molecule has 0 saturated carbocycles. The van der Waals surface area contributed by atoms with Gasteiger partial charge < -0.3 is 9.72 Å². The summed E-state index contributed by atoms with van der Waals surface area (Å²) in [5, 5.41) is 0. The third-order valence-corrected chi connectivity index (χ3v) is 4.32. The molecule has 0 amide bonds. The number of ketones is 1. The number of carbonyl (C=O) groups excluding carboxylic acids is 1. The SMILES string of the molecule is COc1cc(C(=O)/C=C/c2ncc[nH]2)ccc1S(=O)(=O)C(F)F. The molecule has 0 aliphatic rings. The summed E-state index contributed by atoms with van der Waals surface area (Å²) in [4.78, 5) is 18.0. The molecule has 1 aromatic heterocycles. The van der Waals surface area contributed by atoms with Crippen LogP contribution in [0.1, 0.15) is 16.2 Å². The van der Waals surface area contributed by atoms with E-state index in [1.54, 1.807) is 6.20 Å². The van der Waals surface area contributed by atoms with Gasteiger partial charge in [0.15, 0.2) is 5.78 Å². The Morgan fingerprint density at radius 2 is 2.13 bits per heavy atom. The number of imidazole rings is 1. The zero-order chi connectivity index (χ0) is 17.0. The van der Waals surface area contributed by atoms with Crippen molar-refractivity contribution >= 4 is 21.7 Å². The Bertz CT molecular complexity index is 830. The Morgan fingerprint density at radius 1 is 1.39 bits per heavy atom. The van der Waals surface area contributed by atoms with E-state index in [0.29, 0.717) is 5.82 Å². The standard InChI is InChI=1S/C14H12F2N2O4S/c1-22-11-8-9(2-4-12(11)23(20,21)14(15)16)10(19)3-5-13-17-6-7-18-13/h2-8,14H,1H3,(H,17,18)/b5-3+. The fraction of sp³-hybridized carbons (Fsp3) is 0.143. The van der Waals surface area contributed by atoms with E-state index >= 15 is 0 Å². The maximum Gasteiger partial charge on any atom is 0.341 e. The van der Waals surface area contributed by atoms with E-state index in [-0.39, 0.29) is 11.3 Å². The van der Waals surface area contributed by atoms with Gasteiger partial charge in [-0.3, -0.25) is 4.79 Å². The number of benzene rings is 1. The molecule has 0 radical (unpaired) electrons. The molecular formula is C14H12F2N2O4S. The molecule has 122 valence electrons. The summed E-state index contributed by atoms with van der Waals surface area (Å²) in [6.45, 7) is 0. The van der Waals surface area contributed by atoms with Crippen molar-refractivity contribution in [2.75, 3.05) is 7.11 Å². The van der Waals surface area contributed by atoms with Gasteiger partial charge in [-0.25, -0.2) is 13.4 Å². The first-order valence-corrected chi connectivity index (χ1v) is 7.82. The number of rotatable bonds is 6. The Morgan fingerprint density at radius 3 is 2.70 bits per heavy atom. The summed E-state index contributed by atoms with van der Waals surface area (Å²) in [5.41, 5.74) is 0.0953. The molecule has 6 nitrogen and oxygen atoms in total. The van der Waals surface area contributed by atoms with Crippen molar-refractivity contribution in [3.63, 3.8) is 0 Å². The molecule has 1 N–H and O–H groups in total. The minimum Gasteiger partial charge on any atom is -0.495 e. The molecule has 0 spiro atoms. The van der Waals surface area contributed by atoms with E-state index in [4.69, 9.17) is 4.74 Å². The van der Waals surface area contributed by atoms with Crippen molar-refractivity contribution in [3.8, 4) is 5.75 Å². The lowest BCUT2D eigenvalue weighted by Gasteiger charge is -2.10. The quantitative estimate of drug-likeness (QED) is 0.643. The summed E-state index contributed by atoms with van der Waals surface area (Å²) in [5.74, 6) is -3.89. The number of aromatic nitrogens is 2. The Balaban J connectivity index is 2.34. The van der Waals surface area contributed by atoms with Crippen LogP contribution in [0, 0.1) is 0 Å². The van der Waals surface area contributed by atoms with Crippen LogP contribution in [0.3, 0.4) is 0 Å². The van der Waals surface area contributed by atoms with Crippen LogP contribution in [0.5, 0.6) is 5.75 Å². The normalized spacial score (nSPS) is 12.0. The molecular weight excluding hydrogens is 330 g/mol. The first kappa shape index (κ1) is 16.8. The first-order valence-electron chi connectivity index (χ1n) is 6.28. The molecule has 1 aromatic carbocycles. The van der Waals surface area contributed by atoms with E-state index in [1.165, 1.54) is 18.3 Å². The molecule has 0 saturated heterocycles. The summed E-state index contributed by atoms with van der Waals surface area (Å²) >= 11 is 0. The van der Waals surface area contributed by atoms with E-state index in [0.717, 1.165) is 25.3 Å². The van der Waals surface area contributed by atoms with Crippen LogP contribution in [0.2, 0.25) is 0 Å². The van der Waals surface area contributed by atoms with E-state index in [2.05, 4.69) is 9.97 Å². The topological polar surface area (TPSA) is 89.1 Å². The van der Waals surface area contributed by atoms with Crippen LogP contribution in [0.15, 0.2) is 41.6 Å². The summed E-state index contributed by atoms with van der Waals surface area (Å²) in [6.07, 6.45) is 5.74. The highest BCUT2D eigenvalue weighted by Crippen LogP contribution is 2.29. The second-order valence-electron chi connectivity index (χ2n) is 4.34. The van der Waals surface area contributed by atoms with Crippen LogP contribution in [0.25, 0.3) is 6.08 Å². The van der Waals surface area contributed by atoms with E-state index < -0.39 is 26.3 Å². The number of hydrogen-bond donors (Lipinski definition) is 1. The number of ether oxygens (including phenoxy) is 1. The lowest BCUT2D eigenvalue weighted by atomic mass is 10.1. The molecule has 23 heavy (non-hydrogen) atoms. The fourth-order valence-corrected chi connectivity index (χ4v) is 2.64. The van der Waals surface area contributed by atoms with Gasteiger partial charge in [-0.2, -0.15) is 8.78 Å². The lowest BCUT2D eigenvalue weighted by Crippen LogP contribution is -2.13. The Hall–Kier alpha value is -2.55. The van der Waals surface area contributed by atoms with Gasteiger partial charge in [0, 0.05) is 18.0 Å². The summed E-state index contributed by atoms with van der Waals surface area (Å²) in [7, 11) is -3.68. The van der Waals surface area contributed by atoms with Crippen LogP contribution in [-0.4, -0.2) is 37.0 Å². The average Bonchev–Trinajstić information content (AvgIpc) is 3.05. The lowest BCUT2D eigenvalue weighted by molar-refractivity contribution is 0.104. The minimum atomic E-state index is -4.81. The molecule has 2 aromatic rings. The number of H-pyrrole nitrogens is 1. The van der Waals surface area contributed by atoms with Crippen molar-refractivity contribution in [2.45, 2.75) is 10.7 Å². The molecule has 0 aliphatic carbocycles. The van der Waals surface area contributed by atoms with Crippen molar-refractivity contribution in [3.05, 3.63) is 48.1 Å². The number of sulfone groups is 1. The molecule has 0 aliphatic heterocycles. The monoisotopic (exact) mass is 342 g/mol. The number of allylic oxidation sites excluding steroid dienone is 1. The fourth-order valence-electron chi connectivity index (χ4n) is 1.77. The zero-order valence-corrected chi connectivity index (χ0v) is 12.7. The highest BCUT2D eigenvalue weighted by atomic mass is 32.2. The Labute approximate surface area is 130 Å². The number of halogens is 2. The number of nitrogens with zero attached hydrogens (tertiary/aromatic N) is 1. The van der Waals surface area contributed by atoms with Gasteiger partial charge in [0.05, 0.1) is 7.11 Å². The zero-order valence-electron chi connectivity index (χ0n) is 11.9. The maximum absolute atomic E-state index is 12.6. The largest absolute Gasteiger partial charge is 0.495 e. The predicted molar refractivity (Wildman–Crippen MR) is 78.1 cm³/mol. The number of nitrogens with one attached hydrogen (secondary N) is 1. The molecule has 0 atom stereocenters. The summed E-state index contributed by atoms with van der Waals surface area (Å²) < 4.78 is 53.1. The van der Waals surface area contributed by atoms with Gasteiger partial charge in [-0.1, -0.05) is 0 Å². The van der Waals surface area contributed by atoms with Gasteiger partial charge in [0.2, 0.25) is 9.84 Å². The molecule has 1 heterocycles. The summed E-state index contributed by atoms with van der Waals surface area (Å²) in [6, 6.07) is 3.17. The average molecular weight is 342 g/mol. The third kappa shape index (κ3) is 3.62. The second kappa shape index (κ2) is 6.69. The molecule has 2 rings (SSSR count). The van der Waals surface area contributed by atoms with E-state index in [1.807, 2.05) is 0 Å². The van der Waals surface area contributed by atoms with Crippen molar-refractivity contribution in [2.24, 2.45) is 0 Å². The highest BCUT2D eigenvalue weighted by Gasteiger charge is 2.30. The smallest absolute Gasteiger partial charge is 0.341 e. The molecule has 0 fully saturated rings. The molecule has 0 unspecified atom stereocenters. The minimum absolute atomic E-state index is 0.0953. The molecule has 9 heteroatoms. The van der Waals surface area contributed by atoms with Crippen LogP contribution in [0.4, 0.5) is 8.78 Å². The van der Waals surface area contributed by atoms with Gasteiger partial charge in [-0.15, -0.1) is 0 Å². The Kier molecular flexibility index (Phi) is 4.89. The van der Waals surface area contributed by atoms with E-state index in [9.17, 15) is 22.0 Å². The number of hydrogen-bond acceptors (Lipinski definition) is 5. The van der Waals surface area contributed by atoms with Crippen LogP contribution < -0.4 is 4.74 Å². The molecule has 0 bridgehead atoms. The number of aromatic amines is 1. The van der Waals surface area contributed by atoms with Gasteiger partial charge in [-0.05, 0) is 30.4 Å². The van der Waals surface area contributed by atoms with Gasteiger partial charge in [0.1, 0.15) is 16.5 Å². The maximum atomic E-state index is 12.6. The van der Waals surface area contributed by atoms with Gasteiger partial charge >= 0.3 is 5.76 Å². The van der Waals surface area contributed by atoms with Crippen LogP contribution >= 0.6 is 0 Å². The van der Waals surface area contributed by atoms with Crippen LogP contribution in [-0.2, 0) is 9.84 Å². The number of methoxy groups -OCH3 is 1. The predicted octanol–water partition coefficient (Wildman–Crippen LogP) is 2.31. The highest BCUT2D eigenvalue weighted by molar-refractivity contribution is 7.91. The second-order valence-corrected chi connectivity index (χ2v) is 6.23. The number of carbonyl (C=O) groups is 1.